The van der Waals surface area contributed by atoms with Crippen molar-refractivity contribution in [3.63, 3.8) is 0 Å². The predicted molar refractivity (Wildman–Crippen MR) is 78.3 cm³/mol. The van der Waals surface area contributed by atoms with Crippen LogP contribution in [-0.2, 0) is 19.4 Å². The molecule has 21 heavy (non-hydrogen) atoms. The van der Waals surface area contributed by atoms with E-state index >= 15 is 0 Å². The number of aliphatic hydroxyl groups is 1. The fourth-order valence-corrected chi connectivity index (χ4v) is 2.25. The topological polar surface area (TPSA) is 107 Å². The van der Waals surface area contributed by atoms with Gasteiger partial charge in [0.05, 0.1) is 4.90 Å². The number of aliphatic hydroxyl groups excluding tert-OH is 1. The lowest BCUT2D eigenvalue weighted by molar-refractivity contribution is -0.159. The van der Waals surface area contributed by atoms with Crippen LogP contribution in [0.3, 0.4) is 0 Å². The molecule has 6 nitrogen and oxygen atoms in total. The van der Waals surface area contributed by atoms with E-state index in [2.05, 4.69) is 0 Å². The highest BCUT2D eigenvalue weighted by molar-refractivity contribution is 7.90. The highest BCUT2D eigenvalue weighted by Gasteiger charge is 2.29. The summed E-state index contributed by atoms with van der Waals surface area (Å²) in [4.78, 5) is 11.9. The quantitative estimate of drug-likeness (QED) is 0.796. The minimum atomic E-state index is -3.31. The summed E-state index contributed by atoms with van der Waals surface area (Å²) < 4.78 is 27.8. The van der Waals surface area contributed by atoms with Gasteiger partial charge in [-0.05, 0) is 38.5 Å². The van der Waals surface area contributed by atoms with Crippen LogP contribution in [-0.4, -0.2) is 37.4 Å². The van der Waals surface area contributed by atoms with E-state index in [1.54, 1.807) is 20.8 Å². The van der Waals surface area contributed by atoms with Gasteiger partial charge in [-0.3, -0.25) is 4.79 Å². The number of benzene rings is 1. The Labute approximate surface area is 124 Å². The second-order valence-corrected chi connectivity index (χ2v) is 7.86. The summed E-state index contributed by atoms with van der Waals surface area (Å²) >= 11 is 0. The van der Waals surface area contributed by atoms with Crippen LogP contribution in [0, 0.1) is 0 Å². The number of ether oxygens (including phenoxy) is 1. The van der Waals surface area contributed by atoms with Gasteiger partial charge in [-0.2, -0.15) is 0 Å². The molecule has 0 radical (unpaired) electrons. The predicted octanol–water partition coefficient (Wildman–Crippen LogP) is 0.793. The lowest BCUT2D eigenvalue weighted by atomic mass is 10.0. The summed E-state index contributed by atoms with van der Waals surface area (Å²) in [7, 11) is -3.31. The third kappa shape index (κ3) is 5.11. The smallest absolute Gasteiger partial charge is 0.326 e. The maximum Gasteiger partial charge on any atom is 0.326 e. The second kappa shape index (κ2) is 6.13. The fourth-order valence-electron chi connectivity index (χ4n) is 1.62. The van der Waals surface area contributed by atoms with Gasteiger partial charge in [0, 0.05) is 6.26 Å². The molecule has 0 aromatic heterocycles. The normalized spacial score (nSPS) is 15.3. The summed E-state index contributed by atoms with van der Waals surface area (Å²) in [5.41, 5.74) is 5.33. The number of carbonyl (C=O) groups excluding carboxylic acids is 1. The molecule has 0 unspecified atom stereocenters. The molecule has 0 bridgehead atoms. The molecule has 0 fully saturated rings. The van der Waals surface area contributed by atoms with Gasteiger partial charge in [0.1, 0.15) is 17.7 Å². The van der Waals surface area contributed by atoms with Crippen LogP contribution in [0.4, 0.5) is 0 Å². The van der Waals surface area contributed by atoms with Crippen LogP contribution in [0.5, 0.6) is 0 Å². The lowest BCUT2D eigenvalue weighted by Crippen LogP contribution is -2.41. The Morgan fingerprint density at radius 3 is 2.10 bits per heavy atom. The van der Waals surface area contributed by atoms with E-state index < -0.39 is 33.6 Å². The van der Waals surface area contributed by atoms with Gasteiger partial charge in [-0.1, -0.05) is 12.1 Å². The van der Waals surface area contributed by atoms with E-state index in [1.165, 1.54) is 24.3 Å². The van der Waals surface area contributed by atoms with Gasteiger partial charge < -0.3 is 15.6 Å². The van der Waals surface area contributed by atoms with Gasteiger partial charge in [-0.25, -0.2) is 8.42 Å². The van der Waals surface area contributed by atoms with Crippen LogP contribution in [0.25, 0.3) is 0 Å². The molecule has 1 aromatic carbocycles. The minimum Gasteiger partial charge on any atom is -0.459 e. The molecule has 7 heteroatoms. The van der Waals surface area contributed by atoms with Crippen LogP contribution in [0.1, 0.15) is 32.4 Å². The van der Waals surface area contributed by atoms with E-state index in [0.29, 0.717) is 5.56 Å². The lowest BCUT2D eigenvalue weighted by Gasteiger charge is -2.24. The third-order valence-electron chi connectivity index (χ3n) is 2.67. The fraction of sp³-hybridized carbons (Fsp3) is 0.500. The molecule has 1 rings (SSSR count). The molecule has 2 atom stereocenters. The van der Waals surface area contributed by atoms with E-state index in [-0.39, 0.29) is 4.90 Å². The monoisotopic (exact) mass is 315 g/mol. The molecule has 118 valence electrons. The Hall–Kier alpha value is -1.44. The molecule has 3 N–H and O–H groups in total. The van der Waals surface area contributed by atoms with Crippen molar-refractivity contribution in [3.05, 3.63) is 29.8 Å². The zero-order chi connectivity index (χ0) is 16.4. The first-order valence-electron chi connectivity index (χ1n) is 6.38. The van der Waals surface area contributed by atoms with Gasteiger partial charge in [-0.15, -0.1) is 0 Å². The molecular formula is C14H21NO5S. The van der Waals surface area contributed by atoms with Crippen molar-refractivity contribution in [1.82, 2.24) is 0 Å². The number of hydrogen-bond acceptors (Lipinski definition) is 6. The third-order valence-corrected chi connectivity index (χ3v) is 3.80. The maximum atomic E-state index is 11.8. The SMILES string of the molecule is CC(C)(C)OC(=O)[C@@H](N)[C@H](O)c1ccc(S(C)(=O)=O)cc1. The standard InChI is InChI=1S/C14H21NO5S/c1-14(2,3)20-13(17)11(15)12(16)9-5-7-10(8-6-9)21(4,18)19/h5-8,11-12,16H,15H2,1-4H3/t11-,12+/m0/s1. The van der Waals surface area contributed by atoms with E-state index in [0.717, 1.165) is 6.26 Å². The molecule has 1 aromatic rings. The Morgan fingerprint density at radius 2 is 1.71 bits per heavy atom. The van der Waals surface area contributed by atoms with Gasteiger partial charge in [0.2, 0.25) is 0 Å². The van der Waals surface area contributed by atoms with Crippen molar-refractivity contribution in [3.8, 4) is 0 Å². The van der Waals surface area contributed by atoms with Crippen molar-refractivity contribution >= 4 is 15.8 Å². The zero-order valence-electron chi connectivity index (χ0n) is 12.5. The molecule has 0 aliphatic carbocycles. The summed E-state index contributed by atoms with van der Waals surface area (Å²) in [5, 5.41) is 10.1. The number of hydrogen-bond donors (Lipinski definition) is 2. The van der Waals surface area contributed by atoms with Crippen molar-refractivity contribution in [2.75, 3.05) is 6.26 Å². The van der Waals surface area contributed by atoms with Crippen LogP contribution in [0.15, 0.2) is 29.2 Å². The largest absolute Gasteiger partial charge is 0.459 e. The Kier molecular flexibility index (Phi) is 5.14. The Balaban J connectivity index is 2.88. The molecule has 0 spiro atoms. The van der Waals surface area contributed by atoms with Crippen LogP contribution >= 0.6 is 0 Å². The molecule has 0 heterocycles. The number of rotatable bonds is 4. The summed E-state index contributed by atoms with van der Waals surface area (Å²) in [6.45, 7) is 5.10. The first kappa shape index (κ1) is 17.6. The highest BCUT2D eigenvalue weighted by Crippen LogP contribution is 2.20. The van der Waals surface area contributed by atoms with Crippen LogP contribution < -0.4 is 5.73 Å². The summed E-state index contributed by atoms with van der Waals surface area (Å²) in [5.74, 6) is -0.720. The van der Waals surface area contributed by atoms with Crippen molar-refractivity contribution < 1.29 is 23.1 Å². The molecule has 0 saturated carbocycles. The van der Waals surface area contributed by atoms with Gasteiger partial charge in [0.15, 0.2) is 9.84 Å². The Morgan fingerprint density at radius 1 is 1.24 bits per heavy atom. The second-order valence-electron chi connectivity index (χ2n) is 5.85. The van der Waals surface area contributed by atoms with Crippen molar-refractivity contribution in [1.29, 1.82) is 0 Å². The van der Waals surface area contributed by atoms with Crippen LogP contribution in [0.2, 0.25) is 0 Å². The average molecular weight is 315 g/mol. The molecule has 0 saturated heterocycles. The molecular weight excluding hydrogens is 294 g/mol. The first-order valence-corrected chi connectivity index (χ1v) is 8.27. The average Bonchev–Trinajstić information content (AvgIpc) is 2.34. The van der Waals surface area contributed by atoms with Crippen molar-refractivity contribution in [2.45, 2.75) is 43.4 Å². The number of nitrogens with two attached hydrogens (primary N) is 1. The Bertz CT molecular complexity index is 601. The molecule has 0 aliphatic rings. The maximum absolute atomic E-state index is 11.8. The zero-order valence-corrected chi connectivity index (χ0v) is 13.3. The van der Waals surface area contributed by atoms with E-state index in [4.69, 9.17) is 10.5 Å². The van der Waals surface area contributed by atoms with E-state index in [9.17, 15) is 18.3 Å². The summed E-state index contributed by atoms with van der Waals surface area (Å²) in [6, 6.07) is 4.32. The summed E-state index contributed by atoms with van der Waals surface area (Å²) in [6.07, 6.45) is -0.182. The number of carbonyl (C=O) groups is 1. The van der Waals surface area contributed by atoms with Gasteiger partial charge >= 0.3 is 5.97 Å². The van der Waals surface area contributed by atoms with Crippen molar-refractivity contribution in [2.24, 2.45) is 5.73 Å². The highest BCUT2D eigenvalue weighted by atomic mass is 32.2. The first-order chi connectivity index (χ1) is 9.42. The minimum absolute atomic E-state index is 0.129. The molecule has 0 amide bonds. The van der Waals surface area contributed by atoms with E-state index in [1.807, 2.05) is 0 Å². The number of sulfone groups is 1. The van der Waals surface area contributed by atoms with Gasteiger partial charge in [0.25, 0.3) is 0 Å². The number of esters is 1. The molecule has 0 aliphatic heterocycles.